The van der Waals surface area contributed by atoms with Gasteiger partial charge in [-0.1, -0.05) is 17.7 Å². The molecule has 5 nitrogen and oxygen atoms in total. The van der Waals surface area contributed by atoms with E-state index in [1.165, 1.54) is 4.90 Å². The third-order valence-corrected chi connectivity index (χ3v) is 6.65. The maximum absolute atomic E-state index is 13.0. The lowest BCUT2D eigenvalue weighted by Crippen LogP contribution is -2.33. The first-order chi connectivity index (χ1) is 13.5. The van der Waals surface area contributed by atoms with Crippen LogP contribution in [0.25, 0.3) is 0 Å². The molecule has 142 valence electrons. The molecule has 3 aliphatic rings. The van der Waals surface area contributed by atoms with Gasteiger partial charge < -0.3 is 5.32 Å². The van der Waals surface area contributed by atoms with Gasteiger partial charge >= 0.3 is 0 Å². The first kappa shape index (κ1) is 17.4. The Morgan fingerprint density at radius 1 is 0.964 bits per heavy atom. The number of halogens is 1. The normalized spacial score (nSPS) is 28.0. The van der Waals surface area contributed by atoms with Crippen molar-refractivity contribution in [1.82, 2.24) is 0 Å². The summed E-state index contributed by atoms with van der Waals surface area (Å²) in [6.45, 7) is 0. The van der Waals surface area contributed by atoms with Crippen molar-refractivity contribution in [3.8, 4) is 0 Å². The van der Waals surface area contributed by atoms with Crippen LogP contribution in [0.2, 0.25) is 5.02 Å². The number of hydrogen-bond acceptors (Lipinski definition) is 3. The molecule has 3 fully saturated rings. The summed E-state index contributed by atoms with van der Waals surface area (Å²) in [6, 6.07) is 13.5. The van der Waals surface area contributed by atoms with Crippen LogP contribution in [0.4, 0.5) is 11.4 Å². The van der Waals surface area contributed by atoms with E-state index in [1.54, 1.807) is 48.5 Å². The number of amides is 3. The Morgan fingerprint density at radius 3 is 2.25 bits per heavy atom. The molecule has 2 aliphatic carbocycles. The van der Waals surface area contributed by atoms with Crippen LogP contribution in [0.15, 0.2) is 48.5 Å². The molecule has 1 heterocycles. The molecule has 2 aromatic rings. The topological polar surface area (TPSA) is 66.5 Å². The summed E-state index contributed by atoms with van der Waals surface area (Å²) in [4.78, 5) is 39.9. The van der Waals surface area contributed by atoms with Crippen molar-refractivity contribution in [2.24, 2.45) is 23.7 Å². The van der Waals surface area contributed by atoms with Gasteiger partial charge in [0.05, 0.1) is 17.5 Å². The first-order valence-corrected chi connectivity index (χ1v) is 9.95. The van der Waals surface area contributed by atoms with Gasteiger partial charge in [0.1, 0.15) is 0 Å². The standard InChI is InChI=1S/C22H19ClN2O3/c23-15-6-8-16(9-7-15)24-20(26)14-2-1-3-17(11-14)25-21(27)18-12-4-5-13(10-12)19(18)22(25)28/h1-3,6-9,11-13,18-19H,4-5,10H2,(H,24,26)/t12-,13-,18-,19+/m0/s1. The summed E-state index contributed by atoms with van der Waals surface area (Å²) in [5.74, 6) is -0.158. The number of fused-ring (bicyclic) bond motifs is 5. The van der Waals surface area contributed by atoms with Gasteiger partial charge in [-0.05, 0) is 73.6 Å². The van der Waals surface area contributed by atoms with Crippen molar-refractivity contribution in [3.05, 3.63) is 59.1 Å². The van der Waals surface area contributed by atoms with Crippen molar-refractivity contribution < 1.29 is 14.4 Å². The number of imide groups is 1. The van der Waals surface area contributed by atoms with Crippen molar-refractivity contribution in [2.45, 2.75) is 19.3 Å². The molecule has 6 heteroatoms. The number of carbonyl (C=O) groups is 3. The van der Waals surface area contributed by atoms with Gasteiger partial charge in [-0.2, -0.15) is 0 Å². The fraction of sp³-hybridized carbons (Fsp3) is 0.318. The summed E-state index contributed by atoms with van der Waals surface area (Å²) in [6.07, 6.45) is 3.09. The molecule has 28 heavy (non-hydrogen) atoms. The molecule has 3 amide bonds. The summed E-state index contributed by atoms with van der Waals surface area (Å²) in [5.41, 5.74) is 1.50. The van der Waals surface area contributed by atoms with Crippen molar-refractivity contribution in [2.75, 3.05) is 10.2 Å². The summed E-state index contributed by atoms with van der Waals surface area (Å²) in [7, 11) is 0. The third-order valence-electron chi connectivity index (χ3n) is 6.40. The van der Waals surface area contributed by atoms with Crippen LogP contribution in [0.3, 0.4) is 0 Å². The van der Waals surface area contributed by atoms with E-state index in [9.17, 15) is 14.4 Å². The van der Waals surface area contributed by atoms with Crippen LogP contribution in [0, 0.1) is 23.7 Å². The Hall–Kier alpha value is -2.66. The Morgan fingerprint density at radius 2 is 1.61 bits per heavy atom. The molecular weight excluding hydrogens is 376 g/mol. The van der Waals surface area contributed by atoms with Crippen LogP contribution in [0.5, 0.6) is 0 Å². The highest BCUT2D eigenvalue weighted by Gasteiger charge is 2.61. The van der Waals surface area contributed by atoms with E-state index in [-0.39, 0.29) is 29.6 Å². The van der Waals surface area contributed by atoms with E-state index < -0.39 is 0 Å². The quantitative estimate of drug-likeness (QED) is 0.796. The van der Waals surface area contributed by atoms with Gasteiger partial charge in [0.2, 0.25) is 11.8 Å². The van der Waals surface area contributed by atoms with Crippen LogP contribution in [-0.2, 0) is 9.59 Å². The highest BCUT2D eigenvalue weighted by atomic mass is 35.5. The van der Waals surface area contributed by atoms with E-state index in [1.807, 2.05) is 0 Å². The van der Waals surface area contributed by atoms with Crippen LogP contribution < -0.4 is 10.2 Å². The minimum Gasteiger partial charge on any atom is -0.322 e. The lowest BCUT2D eigenvalue weighted by Gasteiger charge is -2.19. The zero-order valence-electron chi connectivity index (χ0n) is 15.1. The van der Waals surface area contributed by atoms with Crippen molar-refractivity contribution in [1.29, 1.82) is 0 Å². The maximum Gasteiger partial charge on any atom is 0.255 e. The van der Waals surface area contributed by atoms with Crippen LogP contribution >= 0.6 is 11.6 Å². The highest BCUT2D eigenvalue weighted by Crippen LogP contribution is 2.56. The average Bonchev–Trinajstić information content (AvgIpc) is 3.37. The van der Waals surface area contributed by atoms with Gasteiger partial charge in [-0.25, -0.2) is 0 Å². The number of anilines is 2. The molecule has 0 radical (unpaired) electrons. The van der Waals surface area contributed by atoms with Gasteiger partial charge in [-0.15, -0.1) is 0 Å². The monoisotopic (exact) mass is 394 g/mol. The largest absolute Gasteiger partial charge is 0.322 e. The molecule has 5 rings (SSSR count). The predicted molar refractivity (Wildman–Crippen MR) is 106 cm³/mol. The van der Waals surface area contributed by atoms with Crippen LogP contribution in [-0.4, -0.2) is 17.7 Å². The van der Waals surface area contributed by atoms with Crippen molar-refractivity contribution >= 4 is 40.7 Å². The molecule has 0 spiro atoms. The number of nitrogens with one attached hydrogen (secondary N) is 1. The number of benzene rings is 2. The number of rotatable bonds is 3. The number of nitrogens with zero attached hydrogens (tertiary/aromatic N) is 1. The zero-order chi connectivity index (χ0) is 19.4. The Labute approximate surface area is 167 Å². The van der Waals surface area contributed by atoms with Gasteiger partial charge in [0, 0.05) is 16.3 Å². The smallest absolute Gasteiger partial charge is 0.255 e. The summed E-state index contributed by atoms with van der Waals surface area (Å²) < 4.78 is 0. The Bertz CT molecular complexity index is 960. The Kier molecular flexibility index (Phi) is 4.02. The Balaban J connectivity index is 1.40. The molecule has 1 aliphatic heterocycles. The minimum absolute atomic E-state index is 0.0996. The maximum atomic E-state index is 13.0. The third kappa shape index (κ3) is 2.65. The number of hydrogen-bond donors (Lipinski definition) is 1. The average molecular weight is 395 g/mol. The van der Waals surface area contributed by atoms with E-state index >= 15 is 0 Å². The van der Waals surface area contributed by atoms with E-state index in [0.29, 0.717) is 33.8 Å². The molecule has 2 aromatic carbocycles. The lowest BCUT2D eigenvalue weighted by molar-refractivity contribution is -0.123. The fourth-order valence-electron chi connectivity index (χ4n) is 5.19. The molecule has 2 bridgehead atoms. The molecular formula is C22H19ClN2O3. The van der Waals surface area contributed by atoms with E-state index in [2.05, 4.69) is 5.32 Å². The van der Waals surface area contributed by atoms with E-state index in [4.69, 9.17) is 11.6 Å². The summed E-state index contributed by atoms with van der Waals surface area (Å²) in [5, 5.41) is 3.39. The second-order valence-corrected chi connectivity index (χ2v) is 8.34. The molecule has 1 N–H and O–H groups in total. The molecule has 4 atom stereocenters. The zero-order valence-corrected chi connectivity index (χ0v) is 15.9. The molecule has 0 unspecified atom stereocenters. The number of carbonyl (C=O) groups excluding carboxylic acids is 3. The van der Waals surface area contributed by atoms with Gasteiger partial charge in [0.15, 0.2) is 0 Å². The molecule has 1 saturated heterocycles. The minimum atomic E-state index is -0.302. The first-order valence-electron chi connectivity index (χ1n) is 9.58. The van der Waals surface area contributed by atoms with Gasteiger partial charge in [0.25, 0.3) is 5.91 Å². The molecule has 2 saturated carbocycles. The second-order valence-electron chi connectivity index (χ2n) is 7.91. The lowest BCUT2D eigenvalue weighted by atomic mass is 9.81. The SMILES string of the molecule is O=C(Nc1ccc(Cl)cc1)c1cccc(N2C(=O)[C@@H]3[C@H]4CC[C@@H](C4)[C@@H]3C2=O)c1. The highest BCUT2D eigenvalue weighted by molar-refractivity contribution is 6.30. The van der Waals surface area contributed by atoms with Crippen molar-refractivity contribution in [3.63, 3.8) is 0 Å². The second kappa shape index (κ2) is 6.45. The molecule has 0 aromatic heterocycles. The predicted octanol–water partition coefficient (Wildman–Crippen LogP) is 4.13. The van der Waals surface area contributed by atoms with Gasteiger partial charge in [-0.3, -0.25) is 19.3 Å². The van der Waals surface area contributed by atoms with E-state index in [0.717, 1.165) is 19.3 Å². The fourth-order valence-corrected chi connectivity index (χ4v) is 5.31. The van der Waals surface area contributed by atoms with Crippen LogP contribution in [0.1, 0.15) is 29.6 Å². The summed E-state index contributed by atoms with van der Waals surface area (Å²) >= 11 is 5.87.